The van der Waals surface area contributed by atoms with Crippen LogP contribution in [-0.4, -0.2) is 22.6 Å². The summed E-state index contributed by atoms with van der Waals surface area (Å²) in [5.74, 6) is 1.62. The van der Waals surface area contributed by atoms with Crippen LogP contribution in [0.5, 0.6) is 0 Å². The highest BCUT2D eigenvalue weighted by Crippen LogP contribution is 2.20. The molecular weight excluding hydrogens is 178 g/mol. The third kappa shape index (κ3) is 1.99. The third-order valence-corrected chi connectivity index (χ3v) is 2.92. The first-order valence-corrected chi connectivity index (χ1v) is 5.22. The number of rotatable bonds is 3. The molecule has 1 aliphatic rings. The van der Waals surface area contributed by atoms with Crippen LogP contribution in [0.25, 0.3) is 0 Å². The van der Waals surface area contributed by atoms with Gasteiger partial charge in [-0.25, -0.2) is 0 Å². The van der Waals surface area contributed by atoms with Gasteiger partial charge < -0.3 is 9.52 Å². The molecular formula is C11H17NO2. The summed E-state index contributed by atoms with van der Waals surface area (Å²) in [6, 6.07) is 4.46. The fraction of sp³-hybridized carbons (Fsp3) is 0.636. The molecule has 3 heteroatoms. The van der Waals surface area contributed by atoms with Gasteiger partial charge in [0.2, 0.25) is 0 Å². The van der Waals surface area contributed by atoms with Gasteiger partial charge in [-0.15, -0.1) is 0 Å². The Labute approximate surface area is 84.3 Å². The van der Waals surface area contributed by atoms with Gasteiger partial charge in [-0.2, -0.15) is 0 Å². The predicted molar refractivity (Wildman–Crippen MR) is 53.7 cm³/mol. The Hall–Kier alpha value is -0.800. The van der Waals surface area contributed by atoms with Crippen LogP contribution >= 0.6 is 0 Å². The van der Waals surface area contributed by atoms with Gasteiger partial charge in [-0.1, -0.05) is 0 Å². The third-order valence-electron chi connectivity index (χ3n) is 2.92. The number of nitrogens with zero attached hydrogens (tertiary/aromatic N) is 1. The normalized spacial score (nSPS) is 23.1. The van der Waals surface area contributed by atoms with E-state index < -0.39 is 0 Å². The van der Waals surface area contributed by atoms with Crippen molar-refractivity contribution in [1.29, 1.82) is 0 Å². The molecule has 1 aromatic heterocycles. The molecule has 3 nitrogen and oxygen atoms in total. The first-order chi connectivity index (χ1) is 6.79. The molecule has 0 bridgehead atoms. The fourth-order valence-electron chi connectivity index (χ4n) is 2.02. The standard InChI is InChI=1S/C11H17NO2/c1-9-3-2-6-12(9)7-10-4-5-11(8-13)14-10/h4-5,9,13H,2-3,6-8H2,1H3. The molecule has 1 N–H and O–H groups in total. The minimum absolute atomic E-state index is 0.00441. The molecule has 0 spiro atoms. The van der Waals surface area contributed by atoms with Crippen LogP contribution in [-0.2, 0) is 13.2 Å². The second-order valence-electron chi connectivity index (χ2n) is 3.99. The molecule has 1 saturated heterocycles. The number of aliphatic hydroxyl groups is 1. The van der Waals surface area contributed by atoms with E-state index in [0.717, 1.165) is 18.8 Å². The van der Waals surface area contributed by atoms with Gasteiger partial charge in [-0.3, -0.25) is 4.90 Å². The lowest BCUT2D eigenvalue weighted by Gasteiger charge is -2.19. The van der Waals surface area contributed by atoms with Crippen molar-refractivity contribution >= 4 is 0 Å². The second kappa shape index (κ2) is 4.15. The van der Waals surface area contributed by atoms with Gasteiger partial charge in [0.15, 0.2) is 0 Å². The Morgan fingerprint density at radius 1 is 1.50 bits per heavy atom. The number of likely N-dealkylation sites (tertiary alicyclic amines) is 1. The molecule has 14 heavy (non-hydrogen) atoms. The summed E-state index contributed by atoms with van der Waals surface area (Å²) in [6.45, 7) is 4.29. The van der Waals surface area contributed by atoms with Crippen molar-refractivity contribution in [3.05, 3.63) is 23.7 Å². The molecule has 0 aromatic carbocycles. The lowest BCUT2D eigenvalue weighted by Crippen LogP contribution is -2.25. The van der Waals surface area contributed by atoms with E-state index in [-0.39, 0.29) is 6.61 Å². The minimum atomic E-state index is -0.00441. The topological polar surface area (TPSA) is 36.6 Å². The monoisotopic (exact) mass is 195 g/mol. The smallest absolute Gasteiger partial charge is 0.129 e. The van der Waals surface area contributed by atoms with Crippen molar-refractivity contribution in [2.75, 3.05) is 6.54 Å². The van der Waals surface area contributed by atoms with E-state index >= 15 is 0 Å². The maximum absolute atomic E-state index is 8.86. The maximum atomic E-state index is 8.86. The number of hydrogen-bond acceptors (Lipinski definition) is 3. The Kier molecular flexibility index (Phi) is 2.89. The summed E-state index contributed by atoms with van der Waals surface area (Å²) in [4.78, 5) is 2.42. The van der Waals surface area contributed by atoms with Crippen molar-refractivity contribution < 1.29 is 9.52 Å². The molecule has 1 unspecified atom stereocenters. The highest BCUT2D eigenvalue weighted by molar-refractivity contribution is 5.06. The number of furan rings is 1. The lowest BCUT2D eigenvalue weighted by molar-refractivity contribution is 0.216. The van der Waals surface area contributed by atoms with Crippen molar-refractivity contribution in [3.8, 4) is 0 Å². The van der Waals surface area contributed by atoms with E-state index in [2.05, 4.69) is 11.8 Å². The summed E-state index contributed by atoms with van der Waals surface area (Å²) in [7, 11) is 0. The van der Waals surface area contributed by atoms with E-state index in [4.69, 9.17) is 9.52 Å². The van der Waals surface area contributed by atoms with Crippen LogP contribution < -0.4 is 0 Å². The van der Waals surface area contributed by atoms with Gasteiger partial charge in [0, 0.05) is 6.04 Å². The number of aliphatic hydroxyl groups excluding tert-OH is 1. The highest BCUT2D eigenvalue weighted by atomic mass is 16.4. The average Bonchev–Trinajstić information content (AvgIpc) is 2.77. The molecule has 78 valence electrons. The SMILES string of the molecule is CC1CCCN1Cc1ccc(CO)o1. The van der Waals surface area contributed by atoms with Crippen LogP contribution in [0.1, 0.15) is 31.3 Å². The summed E-state index contributed by atoms with van der Waals surface area (Å²) >= 11 is 0. The fourth-order valence-corrected chi connectivity index (χ4v) is 2.02. The summed E-state index contributed by atoms with van der Waals surface area (Å²) in [5, 5.41) is 8.86. The molecule has 1 aromatic rings. The largest absolute Gasteiger partial charge is 0.462 e. The Balaban J connectivity index is 1.96. The van der Waals surface area contributed by atoms with Gasteiger partial charge in [0.05, 0.1) is 6.54 Å². The van der Waals surface area contributed by atoms with E-state index in [1.165, 1.54) is 12.8 Å². The van der Waals surface area contributed by atoms with Crippen LogP contribution in [0.15, 0.2) is 16.5 Å². The molecule has 1 fully saturated rings. The van der Waals surface area contributed by atoms with E-state index in [1.807, 2.05) is 12.1 Å². The second-order valence-corrected chi connectivity index (χ2v) is 3.99. The molecule has 0 radical (unpaired) electrons. The first kappa shape index (κ1) is 9.74. The van der Waals surface area contributed by atoms with Crippen LogP contribution in [0.3, 0.4) is 0 Å². The molecule has 0 saturated carbocycles. The molecule has 0 aliphatic carbocycles. The zero-order chi connectivity index (χ0) is 9.97. The van der Waals surface area contributed by atoms with Gasteiger partial charge in [0.25, 0.3) is 0 Å². The predicted octanol–water partition coefficient (Wildman–Crippen LogP) is 1.76. The van der Waals surface area contributed by atoms with Gasteiger partial charge >= 0.3 is 0 Å². The van der Waals surface area contributed by atoms with Gasteiger partial charge in [-0.05, 0) is 38.4 Å². The minimum Gasteiger partial charge on any atom is -0.462 e. The van der Waals surface area contributed by atoms with Crippen molar-refractivity contribution in [1.82, 2.24) is 4.90 Å². The lowest BCUT2D eigenvalue weighted by atomic mass is 10.2. The zero-order valence-corrected chi connectivity index (χ0v) is 8.57. The average molecular weight is 195 g/mol. The molecule has 0 amide bonds. The number of hydrogen-bond donors (Lipinski definition) is 1. The quantitative estimate of drug-likeness (QED) is 0.798. The highest BCUT2D eigenvalue weighted by Gasteiger charge is 2.20. The molecule has 1 atom stereocenters. The van der Waals surface area contributed by atoms with Gasteiger partial charge in [0.1, 0.15) is 18.1 Å². The van der Waals surface area contributed by atoms with Crippen LogP contribution in [0, 0.1) is 0 Å². The van der Waals surface area contributed by atoms with E-state index in [1.54, 1.807) is 0 Å². The molecule has 2 heterocycles. The van der Waals surface area contributed by atoms with Crippen molar-refractivity contribution in [3.63, 3.8) is 0 Å². The van der Waals surface area contributed by atoms with Crippen molar-refractivity contribution in [2.24, 2.45) is 0 Å². The Morgan fingerprint density at radius 2 is 2.29 bits per heavy atom. The van der Waals surface area contributed by atoms with Crippen LogP contribution in [0.2, 0.25) is 0 Å². The van der Waals surface area contributed by atoms with E-state index in [9.17, 15) is 0 Å². The van der Waals surface area contributed by atoms with Crippen LogP contribution in [0.4, 0.5) is 0 Å². The van der Waals surface area contributed by atoms with Crippen molar-refractivity contribution in [2.45, 2.75) is 39.0 Å². The Morgan fingerprint density at radius 3 is 2.86 bits per heavy atom. The first-order valence-electron chi connectivity index (χ1n) is 5.22. The molecule has 2 rings (SSSR count). The summed E-state index contributed by atoms with van der Waals surface area (Å²) < 4.78 is 5.45. The summed E-state index contributed by atoms with van der Waals surface area (Å²) in [5.41, 5.74) is 0. The summed E-state index contributed by atoms with van der Waals surface area (Å²) in [6.07, 6.45) is 2.57. The van der Waals surface area contributed by atoms with E-state index in [0.29, 0.717) is 11.8 Å². The molecule has 1 aliphatic heterocycles. The zero-order valence-electron chi connectivity index (χ0n) is 8.57. The Bertz CT molecular complexity index is 295. The maximum Gasteiger partial charge on any atom is 0.129 e.